The second-order valence-electron chi connectivity index (χ2n) is 8.76. The number of carbonyl (C=O) groups is 2. The van der Waals surface area contributed by atoms with Crippen molar-refractivity contribution in [2.24, 2.45) is 0 Å². The first-order valence-electron chi connectivity index (χ1n) is 12.4. The van der Waals surface area contributed by atoms with Crippen LogP contribution in [0, 0.1) is 11.3 Å². The first-order valence-corrected chi connectivity index (χ1v) is 13.2. The molecule has 0 saturated heterocycles. The Hall–Kier alpha value is -4.77. The third-order valence-electron chi connectivity index (χ3n) is 5.90. The smallest absolute Gasteiger partial charge is 0.405 e. The molecule has 41 heavy (non-hydrogen) atoms. The molecule has 2 amide bonds. The zero-order valence-corrected chi connectivity index (χ0v) is 22.6. The molecule has 10 nitrogen and oxygen atoms in total. The molecule has 1 aromatic heterocycles. The van der Waals surface area contributed by atoms with Crippen molar-refractivity contribution in [3.8, 4) is 11.8 Å². The highest BCUT2D eigenvalue weighted by atomic mass is 32.1. The number of hydrogen-bond donors (Lipinski definition) is 3. The molecule has 2 aromatic carbocycles. The van der Waals surface area contributed by atoms with E-state index >= 15 is 0 Å². The van der Waals surface area contributed by atoms with E-state index in [0.29, 0.717) is 30.3 Å². The summed E-state index contributed by atoms with van der Waals surface area (Å²) in [7, 11) is 0. The third kappa shape index (κ3) is 7.25. The lowest BCUT2D eigenvalue weighted by Gasteiger charge is -2.30. The molecule has 14 heteroatoms. The van der Waals surface area contributed by atoms with Gasteiger partial charge in [0.1, 0.15) is 34.2 Å². The number of benzene rings is 2. The van der Waals surface area contributed by atoms with E-state index in [4.69, 9.17) is 4.74 Å². The van der Waals surface area contributed by atoms with Gasteiger partial charge in [-0.1, -0.05) is 18.2 Å². The number of hydrogen-bond acceptors (Lipinski definition) is 8. The number of nitrogens with zero attached hydrogens (tertiary/aromatic N) is 3. The van der Waals surface area contributed by atoms with Gasteiger partial charge in [-0.15, -0.1) is 11.3 Å². The Morgan fingerprint density at radius 2 is 1.93 bits per heavy atom. The van der Waals surface area contributed by atoms with E-state index in [1.54, 1.807) is 42.6 Å². The Morgan fingerprint density at radius 3 is 2.66 bits per heavy atom. The summed E-state index contributed by atoms with van der Waals surface area (Å²) in [5.41, 5.74) is 0.761. The average molecular weight is 587 g/mol. The van der Waals surface area contributed by atoms with E-state index in [1.807, 2.05) is 29.2 Å². The fraction of sp³-hybridized carbons (Fsp3) is 0.259. The van der Waals surface area contributed by atoms with Crippen molar-refractivity contribution < 1.29 is 27.5 Å². The van der Waals surface area contributed by atoms with Gasteiger partial charge in [-0.05, 0) is 37.3 Å². The molecular formula is C27H25F3N6O4S. The number of para-hydroxylation sites is 2. The molecule has 2 heterocycles. The van der Waals surface area contributed by atoms with Crippen LogP contribution in [0.1, 0.15) is 6.92 Å². The molecule has 0 bridgehead atoms. The van der Waals surface area contributed by atoms with Crippen LogP contribution in [0.25, 0.3) is 11.8 Å². The first-order chi connectivity index (χ1) is 19.6. The molecule has 0 aliphatic carbocycles. The molecule has 0 saturated carbocycles. The second-order valence-corrected chi connectivity index (χ2v) is 9.79. The minimum absolute atomic E-state index is 0.0570. The summed E-state index contributed by atoms with van der Waals surface area (Å²) in [6.07, 6.45) is -3.28. The number of aromatic nitrogens is 1. The molecule has 1 aliphatic heterocycles. The van der Waals surface area contributed by atoms with Gasteiger partial charge >= 0.3 is 6.18 Å². The summed E-state index contributed by atoms with van der Waals surface area (Å²) in [6, 6.07) is 15.8. The van der Waals surface area contributed by atoms with Gasteiger partial charge in [0.25, 0.3) is 11.5 Å². The van der Waals surface area contributed by atoms with Crippen molar-refractivity contribution in [1.82, 2.24) is 9.88 Å². The number of anilines is 3. The molecule has 0 fully saturated rings. The van der Waals surface area contributed by atoms with Crippen molar-refractivity contribution in [1.29, 1.82) is 5.26 Å². The SMILES string of the molecule is CCn1c(=C(C#N)C(=O)NCC(F)(F)F)sc(=CNc2cccc(NC(=O)CN3CCOc4ccccc43)c2)c1=O. The number of alkyl halides is 3. The van der Waals surface area contributed by atoms with Crippen LogP contribution >= 0.6 is 11.3 Å². The van der Waals surface area contributed by atoms with E-state index in [0.717, 1.165) is 21.6 Å². The predicted molar refractivity (Wildman–Crippen MR) is 149 cm³/mol. The summed E-state index contributed by atoms with van der Waals surface area (Å²) in [5.74, 6) is -0.745. The van der Waals surface area contributed by atoms with E-state index in [1.165, 1.54) is 6.20 Å². The molecular weight excluding hydrogens is 561 g/mol. The van der Waals surface area contributed by atoms with E-state index in [-0.39, 0.29) is 28.2 Å². The number of amides is 2. The highest BCUT2D eigenvalue weighted by Crippen LogP contribution is 2.30. The Kier molecular flexibility index (Phi) is 8.98. The number of nitriles is 1. The van der Waals surface area contributed by atoms with E-state index < -0.39 is 29.8 Å². The molecule has 0 unspecified atom stereocenters. The Labute approximate surface area is 236 Å². The summed E-state index contributed by atoms with van der Waals surface area (Å²) < 4.78 is 44.4. The van der Waals surface area contributed by atoms with Crippen molar-refractivity contribution in [3.05, 3.63) is 68.1 Å². The van der Waals surface area contributed by atoms with Crippen LogP contribution in [0.2, 0.25) is 0 Å². The third-order valence-corrected chi connectivity index (χ3v) is 7.03. The van der Waals surface area contributed by atoms with Gasteiger partial charge in [0.05, 0.1) is 18.8 Å². The minimum Gasteiger partial charge on any atom is -0.490 e. The Bertz CT molecular complexity index is 1680. The molecule has 3 aromatic rings. The summed E-state index contributed by atoms with van der Waals surface area (Å²) >= 11 is 0.798. The molecule has 4 rings (SSSR count). The Balaban J connectivity index is 1.51. The van der Waals surface area contributed by atoms with Crippen molar-refractivity contribution in [3.63, 3.8) is 0 Å². The average Bonchev–Trinajstić information content (AvgIpc) is 3.25. The quantitative estimate of drug-likeness (QED) is 0.368. The predicted octanol–water partition coefficient (Wildman–Crippen LogP) is 1.97. The van der Waals surface area contributed by atoms with Gasteiger partial charge in [0.2, 0.25) is 5.91 Å². The fourth-order valence-electron chi connectivity index (χ4n) is 4.06. The standard InChI is InChI=1S/C27H25F3N6O4S/c1-2-36-25(39)22(41-26(36)19(13-31)24(38)33-16-27(28,29)30)14-32-17-6-5-7-18(12-17)34-23(37)15-35-10-11-40-21-9-4-3-8-20(21)35/h3-9,12,14,32H,2,10-11,15-16H2,1H3,(H,33,38)(H,34,37). The normalized spacial score (nSPS) is 13.9. The van der Waals surface area contributed by atoms with Crippen LogP contribution in [0.3, 0.4) is 0 Å². The monoisotopic (exact) mass is 586 g/mol. The van der Waals surface area contributed by atoms with Crippen LogP contribution < -0.4 is 40.3 Å². The van der Waals surface area contributed by atoms with Crippen LogP contribution in [0.4, 0.5) is 30.2 Å². The van der Waals surface area contributed by atoms with Crippen molar-refractivity contribution in [2.75, 3.05) is 41.8 Å². The first kappa shape index (κ1) is 29.2. The molecule has 1 aliphatic rings. The van der Waals surface area contributed by atoms with E-state index in [2.05, 4.69) is 10.6 Å². The molecule has 3 N–H and O–H groups in total. The largest absolute Gasteiger partial charge is 0.490 e. The van der Waals surface area contributed by atoms with E-state index in [9.17, 15) is 32.8 Å². The van der Waals surface area contributed by atoms with Gasteiger partial charge in [-0.3, -0.25) is 19.0 Å². The summed E-state index contributed by atoms with van der Waals surface area (Å²) in [5, 5.41) is 16.9. The number of thiazole rings is 1. The molecule has 0 radical (unpaired) electrons. The highest BCUT2D eigenvalue weighted by Gasteiger charge is 2.29. The number of nitrogens with one attached hydrogen (secondary N) is 3. The van der Waals surface area contributed by atoms with Crippen LogP contribution in [-0.2, 0) is 16.1 Å². The lowest BCUT2D eigenvalue weighted by molar-refractivity contribution is -0.135. The maximum absolute atomic E-state index is 12.9. The summed E-state index contributed by atoms with van der Waals surface area (Å²) in [4.78, 5) is 39.8. The van der Waals surface area contributed by atoms with Crippen LogP contribution in [0.15, 0.2) is 53.3 Å². The second kappa shape index (κ2) is 12.6. The molecule has 0 spiro atoms. The number of ether oxygens (including phenoxy) is 1. The highest BCUT2D eigenvalue weighted by molar-refractivity contribution is 7.07. The lowest BCUT2D eigenvalue weighted by Crippen LogP contribution is -2.38. The van der Waals surface area contributed by atoms with Crippen molar-refractivity contribution >= 4 is 52.0 Å². The lowest BCUT2D eigenvalue weighted by atomic mass is 10.2. The van der Waals surface area contributed by atoms with Gasteiger partial charge < -0.3 is 25.6 Å². The topological polar surface area (TPSA) is 128 Å². The zero-order valence-electron chi connectivity index (χ0n) is 21.7. The fourth-order valence-corrected chi connectivity index (χ4v) is 5.14. The van der Waals surface area contributed by atoms with Crippen LogP contribution in [-0.4, -0.2) is 48.8 Å². The maximum Gasteiger partial charge on any atom is 0.405 e. The van der Waals surface area contributed by atoms with Crippen LogP contribution in [0.5, 0.6) is 5.75 Å². The molecule has 0 atom stereocenters. The van der Waals surface area contributed by atoms with Crippen molar-refractivity contribution in [2.45, 2.75) is 19.6 Å². The van der Waals surface area contributed by atoms with Gasteiger partial charge in [0.15, 0.2) is 5.57 Å². The summed E-state index contributed by atoms with van der Waals surface area (Å²) in [6.45, 7) is 1.24. The number of rotatable bonds is 8. The number of halogens is 3. The maximum atomic E-state index is 12.9. The van der Waals surface area contributed by atoms with Gasteiger partial charge in [-0.25, -0.2) is 0 Å². The minimum atomic E-state index is -4.65. The number of carbonyl (C=O) groups excluding carboxylic acids is 2. The van der Waals surface area contributed by atoms with Gasteiger partial charge in [0, 0.05) is 24.1 Å². The molecule has 214 valence electrons. The zero-order chi connectivity index (χ0) is 29.6. The number of fused-ring (bicyclic) bond motifs is 1. The van der Waals surface area contributed by atoms with Gasteiger partial charge in [-0.2, -0.15) is 18.4 Å². The Morgan fingerprint density at radius 1 is 1.17 bits per heavy atom.